The van der Waals surface area contributed by atoms with Crippen LogP contribution in [-0.2, 0) is 9.84 Å². The highest BCUT2D eigenvalue weighted by Crippen LogP contribution is 2.38. The molecule has 0 aliphatic carbocycles. The van der Waals surface area contributed by atoms with Gasteiger partial charge in [0.25, 0.3) is 0 Å². The Morgan fingerprint density at radius 3 is 0.848 bits per heavy atom. The molecule has 0 heterocycles. The predicted molar refractivity (Wildman–Crippen MR) is 137 cm³/mol. The summed E-state index contributed by atoms with van der Waals surface area (Å²) in [6, 6.07) is 39.9. The molecule has 4 aromatic rings. The summed E-state index contributed by atoms with van der Waals surface area (Å²) in [5.74, 6) is -0.487. The van der Waals surface area contributed by atoms with Gasteiger partial charge < -0.3 is 0 Å². The molecule has 33 heavy (non-hydrogen) atoms. The van der Waals surface area contributed by atoms with E-state index >= 15 is 0 Å². The molecule has 4 rings (SSSR count). The van der Waals surface area contributed by atoms with Crippen LogP contribution in [0.15, 0.2) is 121 Å². The third-order valence-corrected chi connectivity index (χ3v) is 9.23. The van der Waals surface area contributed by atoms with Gasteiger partial charge in [-0.05, 0) is 36.1 Å². The van der Waals surface area contributed by atoms with Crippen molar-refractivity contribution in [2.24, 2.45) is 0 Å². The van der Waals surface area contributed by atoms with E-state index in [1.54, 1.807) is 0 Å². The summed E-state index contributed by atoms with van der Waals surface area (Å²) in [7, 11) is -3.53. The number of rotatable bonds is 8. The standard InChI is InChI=1S/C30H30O2S/c1-23(29(25-15-7-3-8-16-25)26-17-9-4-10-18-26)33(31,32)24(2)30(27-19-11-5-12-20-27)28-21-13-6-14-22-28/h3-24,29-30H,1-2H3. The zero-order valence-electron chi connectivity index (χ0n) is 19.1. The van der Waals surface area contributed by atoms with Crippen molar-refractivity contribution in [3.63, 3.8) is 0 Å². The molecule has 0 aromatic heterocycles. The van der Waals surface area contributed by atoms with E-state index in [9.17, 15) is 8.42 Å². The summed E-state index contributed by atoms with van der Waals surface area (Å²) in [4.78, 5) is 0. The van der Waals surface area contributed by atoms with Gasteiger partial charge in [-0.25, -0.2) is 8.42 Å². The minimum atomic E-state index is -3.53. The number of benzene rings is 4. The SMILES string of the molecule is CC(C(c1ccccc1)c1ccccc1)S(=O)(=O)C(C)C(c1ccccc1)c1ccccc1. The molecular weight excluding hydrogens is 424 g/mol. The van der Waals surface area contributed by atoms with Crippen molar-refractivity contribution in [2.75, 3.05) is 0 Å². The molecule has 0 aliphatic heterocycles. The zero-order chi connectivity index (χ0) is 23.3. The van der Waals surface area contributed by atoms with Gasteiger partial charge in [-0.1, -0.05) is 121 Å². The highest BCUT2D eigenvalue weighted by molar-refractivity contribution is 7.92. The first-order valence-electron chi connectivity index (χ1n) is 11.4. The minimum Gasteiger partial charge on any atom is -0.228 e. The summed E-state index contributed by atoms with van der Waals surface area (Å²) in [5.41, 5.74) is 4.07. The van der Waals surface area contributed by atoms with Crippen LogP contribution in [0, 0.1) is 0 Å². The van der Waals surface area contributed by atoms with Gasteiger partial charge >= 0.3 is 0 Å². The number of hydrogen-bond acceptors (Lipinski definition) is 2. The second kappa shape index (κ2) is 10.2. The molecule has 0 radical (unpaired) electrons. The van der Waals surface area contributed by atoms with Crippen molar-refractivity contribution < 1.29 is 8.42 Å². The fourth-order valence-electron chi connectivity index (χ4n) is 4.83. The Balaban J connectivity index is 1.79. The van der Waals surface area contributed by atoms with Gasteiger partial charge in [0.1, 0.15) is 0 Å². The summed E-state index contributed by atoms with van der Waals surface area (Å²) >= 11 is 0. The first kappa shape index (κ1) is 23.0. The van der Waals surface area contributed by atoms with Crippen LogP contribution in [0.5, 0.6) is 0 Å². The van der Waals surface area contributed by atoms with Gasteiger partial charge in [0.05, 0.1) is 10.5 Å². The molecule has 2 nitrogen and oxygen atoms in total. The average Bonchev–Trinajstić information content (AvgIpc) is 2.87. The quantitative estimate of drug-likeness (QED) is 0.292. The van der Waals surface area contributed by atoms with Gasteiger partial charge in [0.15, 0.2) is 9.84 Å². The van der Waals surface area contributed by atoms with E-state index in [0.29, 0.717) is 0 Å². The smallest absolute Gasteiger partial charge is 0.157 e. The fourth-order valence-corrected chi connectivity index (χ4v) is 6.89. The Kier molecular flexibility index (Phi) is 7.10. The molecule has 0 saturated heterocycles. The lowest BCUT2D eigenvalue weighted by Gasteiger charge is -2.32. The number of hydrogen-bond donors (Lipinski definition) is 0. The lowest BCUT2D eigenvalue weighted by atomic mass is 9.88. The maximum Gasteiger partial charge on any atom is 0.157 e. The van der Waals surface area contributed by atoms with Gasteiger partial charge in [-0.2, -0.15) is 0 Å². The van der Waals surface area contributed by atoms with E-state index in [-0.39, 0.29) is 11.8 Å². The van der Waals surface area contributed by atoms with E-state index in [1.807, 2.05) is 135 Å². The van der Waals surface area contributed by atoms with Crippen LogP contribution in [-0.4, -0.2) is 18.9 Å². The van der Waals surface area contributed by atoms with Crippen LogP contribution < -0.4 is 0 Å². The highest BCUT2D eigenvalue weighted by Gasteiger charge is 2.39. The Hall–Kier alpha value is -3.17. The molecular formula is C30H30O2S. The van der Waals surface area contributed by atoms with Gasteiger partial charge in [0.2, 0.25) is 0 Å². The van der Waals surface area contributed by atoms with Crippen molar-refractivity contribution in [1.82, 2.24) is 0 Å². The fraction of sp³-hybridized carbons (Fsp3) is 0.200. The van der Waals surface area contributed by atoms with Crippen molar-refractivity contribution >= 4 is 9.84 Å². The molecule has 0 amide bonds. The summed E-state index contributed by atoms with van der Waals surface area (Å²) < 4.78 is 28.4. The molecule has 0 aliphatic rings. The molecule has 0 saturated carbocycles. The first-order valence-corrected chi connectivity index (χ1v) is 13.0. The molecule has 4 aromatic carbocycles. The van der Waals surface area contributed by atoms with Crippen molar-refractivity contribution in [3.05, 3.63) is 144 Å². The maximum absolute atomic E-state index is 14.2. The normalized spacial score (nSPS) is 13.7. The first-order chi connectivity index (χ1) is 16.0. The molecule has 0 fully saturated rings. The van der Waals surface area contributed by atoms with Crippen LogP contribution in [0.2, 0.25) is 0 Å². The second-order valence-electron chi connectivity index (χ2n) is 8.60. The van der Waals surface area contributed by atoms with Crippen molar-refractivity contribution in [2.45, 2.75) is 36.2 Å². The van der Waals surface area contributed by atoms with Crippen molar-refractivity contribution in [3.8, 4) is 0 Å². The Bertz CT molecular complexity index is 1060. The minimum absolute atomic E-state index is 0.243. The monoisotopic (exact) mass is 454 g/mol. The van der Waals surface area contributed by atoms with E-state index < -0.39 is 20.3 Å². The largest absolute Gasteiger partial charge is 0.228 e. The lowest BCUT2D eigenvalue weighted by Crippen LogP contribution is -2.37. The number of sulfone groups is 1. The van der Waals surface area contributed by atoms with Crippen LogP contribution in [0.4, 0.5) is 0 Å². The Morgan fingerprint density at radius 2 is 0.636 bits per heavy atom. The van der Waals surface area contributed by atoms with Crippen LogP contribution >= 0.6 is 0 Å². The van der Waals surface area contributed by atoms with E-state index in [0.717, 1.165) is 22.3 Å². The van der Waals surface area contributed by atoms with Crippen LogP contribution in [0.25, 0.3) is 0 Å². The second-order valence-corrected chi connectivity index (χ2v) is 11.3. The Labute approximate surface area is 197 Å². The average molecular weight is 455 g/mol. The topological polar surface area (TPSA) is 34.1 Å². The van der Waals surface area contributed by atoms with Gasteiger partial charge in [-0.3, -0.25) is 0 Å². The summed E-state index contributed by atoms with van der Waals surface area (Å²) in [6.07, 6.45) is 0. The molecule has 2 unspecified atom stereocenters. The predicted octanol–water partition coefficient (Wildman–Crippen LogP) is 6.84. The van der Waals surface area contributed by atoms with E-state index in [2.05, 4.69) is 0 Å². The van der Waals surface area contributed by atoms with Crippen molar-refractivity contribution in [1.29, 1.82) is 0 Å². The third-order valence-electron chi connectivity index (χ3n) is 6.61. The van der Waals surface area contributed by atoms with Crippen LogP contribution in [0.1, 0.15) is 47.9 Å². The third kappa shape index (κ3) is 4.94. The zero-order valence-corrected chi connectivity index (χ0v) is 19.9. The highest BCUT2D eigenvalue weighted by atomic mass is 32.2. The molecule has 2 atom stereocenters. The molecule has 3 heteroatoms. The molecule has 168 valence electrons. The van der Waals surface area contributed by atoms with E-state index in [1.165, 1.54) is 0 Å². The summed E-state index contributed by atoms with van der Waals surface area (Å²) in [5, 5.41) is -1.18. The molecule has 0 spiro atoms. The maximum atomic E-state index is 14.2. The Morgan fingerprint density at radius 1 is 0.424 bits per heavy atom. The molecule has 0 N–H and O–H groups in total. The molecule has 0 bridgehead atoms. The van der Waals surface area contributed by atoms with Crippen LogP contribution in [0.3, 0.4) is 0 Å². The van der Waals surface area contributed by atoms with Gasteiger partial charge in [0, 0.05) is 11.8 Å². The lowest BCUT2D eigenvalue weighted by molar-refractivity contribution is 0.553. The summed E-state index contributed by atoms with van der Waals surface area (Å²) in [6.45, 7) is 3.73. The van der Waals surface area contributed by atoms with E-state index in [4.69, 9.17) is 0 Å². The van der Waals surface area contributed by atoms with Gasteiger partial charge in [-0.15, -0.1) is 0 Å².